The predicted molar refractivity (Wildman–Crippen MR) is 71.0 cm³/mol. The number of carbonyl (C=O) groups is 1. The number of hydrogen-bond donors (Lipinski definition) is 0. The summed E-state index contributed by atoms with van der Waals surface area (Å²) in [4.78, 5) is 14.2. The zero-order valence-corrected chi connectivity index (χ0v) is 11.9. The third-order valence-corrected chi connectivity index (χ3v) is 5.25. The van der Waals surface area contributed by atoms with Gasteiger partial charge in [-0.3, -0.25) is 4.79 Å². The van der Waals surface area contributed by atoms with Crippen LogP contribution in [0.5, 0.6) is 0 Å². The number of hydrogen-bond acceptors (Lipinski definition) is 3. The lowest BCUT2D eigenvalue weighted by Gasteiger charge is -2.33. The highest BCUT2D eigenvalue weighted by Crippen LogP contribution is 2.28. The Bertz CT molecular complexity index is 390. The van der Waals surface area contributed by atoms with Crippen LogP contribution >= 0.6 is 0 Å². The largest absolute Gasteiger partial charge is 0.342 e. The van der Waals surface area contributed by atoms with E-state index in [0.29, 0.717) is 5.91 Å². The summed E-state index contributed by atoms with van der Waals surface area (Å²) in [6.45, 7) is 1.49. The summed E-state index contributed by atoms with van der Waals surface area (Å²) < 4.78 is 22.5. The van der Waals surface area contributed by atoms with Crippen LogP contribution < -0.4 is 0 Å². The van der Waals surface area contributed by atoms with Crippen molar-refractivity contribution in [3.05, 3.63) is 0 Å². The third kappa shape index (κ3) is 3.70. The fourth-order valence-corrected chi connectivity index (χ4v) is 4.37. The van der Waals surface area contributed by atoms with E-state index in [-0.39, 0.29) is 17.6 Å². The second-order valence-corrected chi connectivity index (χ2v) is 8.03. The van der Waals surface area contributed by atoms with Gasteiger partial charge in [-0.2, -0.15) is 0 Å². The summed E-state index contributed by atoms with van der Waals surface area (Å²) in [5, 5.41) is 0. The molecule has 1 aliphatic heterocycles. The first-order valence-electron chi connectivity index (χ1n) is 6.92. The van der Waals surface area contributed by atoms with Crippen LogP contribution in [0.15, 0.2) is 0 Å². The van der Waals surface area contributed by atoms with Gasteiger partial charge in [0, 0.05) is 25.3 Å². The molecule has 18 heavy (non-hydrogen) atoms. The predicted octanol–water partition coefficient (Wildman–Crippen LogP) is 1.46. The van der Waals surface area contributed by atoms with Crippen LogP contribution in [0.4, 0.5) is 0 Å². The van der Waals surface area contributed by atoms with E-state index >= 15 is 0 Å². The minimum atomic E-state index is -2.88. The van der Waals surface area contributed by atoms with Gasteiger partial charge in [-0.25, -0.2) is 8.42 Å². The van der Waals surface area contributed by atoms with Crippen molar-refractivity contribution < 1.29 is 13.2 Å². The molecule has 4 nitrogen and oxygen atoms in total. The van der Waals surface area contributed by atoms with E-state index in [4.69, 9.17) is 0 Å². The molecule has 0 N–H and O–H groups in total. The van der Waals surface area contributed by atoms with E-state index in [1.54, 1.807) is 0 Å². The molecule has 1 amide bonds. The fourth-order valence-electron chi connectivity index (χ4n) is 3.18. The van der Waals surface area contributed by atoms with Crippen LogP contribution in [-0.2, 0) is 14.6 Å². The van der Waals surface area contributed by atoms with Crippen molar-refractivity contribution in [1.29, 1.82) is 0 Å². The van der Waals surface area contributed by atoms with Crippen molar-refractivity contribution in [2.75, 3.05) is 25.1 Å². The SMILES string of the molecule is CS(=O)(=O)CC1CCN(C(=O)C2CCCC2)CC1. The molecule has 0 atom stereocenters. The number of rotatable bonds is 3. The second-order valence-electron chi connectivity index (χ2n) is 5.84. The quantitative estimate of drug-likeness (QED) is 0.782. The van der Waals surface area contributed by atoms with Gasteiger partial charge >= 0.3 is 0 Å². The molecular weight excluding hydrogens is 250 g/mol. The van der Waals surface area contributed by atoms with E-state index in [1.807, 2.05) is 4.90 Å². The third-order valence-electron chi connectivity index (χ3n) is 4.17. The van der Waals surface area contributed by atoms with Gasteiger partial charge in [0.05, 0.1) is 5.75 Å². The maximum absolute atomic E-state index is 12.2. The molecule has 1 saturated heterocycles. The highest BCUT2D eigenvalue weighted by molar-refractivity contribution is 7.90. The van der Waals surface area contributed by atoms with Crippen molar-refractivity contribution in [2.24, 2.45) is 11.8 Å². The average molecular weight is 273 g/mol. The van der Waals surface area contributed by atoms with Gasteiger partial charge in [-0.1, -0.05) is 12.8 Å². The monoisotopic (exact) mass is 273 g/mol. The molecule has 0 aromatic heterocycles. The Morgan fingerprint density at radius 3 is 2.17 bits per heavy atom. The van der Waals surface area contributed by atoms with Crippen LogP contribution in [0, 0.1) is 11.8 Å². The zero-order valence-electron chi connectivity index (χ0n) is 11.1. The second kappa shape index (κ2) is 5.59. The Hall–Kier alpha value is -0.580. The summed E-state index contributed by atoms with van der Waals surface area (Å²) in [7, 11) is -2.88. The molecule has 0 aromatic rings. The molecule has 0 unspecified atom stereocenters. The van der Waals surface area contributed by atoms with Gasteiger partial charge in [0.25, 0.3) is 0 Å². The minimum Gasteiger partial charge on any atom is -0.342 e. The van der Waals surface area contributed by atoms with Crippen LogP contribution in [0.25, 0.3) is 0 Å². The molecule has 2 fully saturated rings. The number of likely N-dealkylation sites (tertiary alicyclic amines) is 1. The summed E-state index contributed by atoms with van der Waals surface area (Å²) in [5.74, 6) is 1.08. The molecule has 0 aromatic carbocycles. The molecule has 5 heteroatoms. The standard InChI is InChI=1S/C13H23NO3S/c1-18(16,17)10-11-6-8-14(9-7-11)13(15)12-4-2-3-5-12/h11-12H,2-10H2,1H3. The molecule has 2 rings (SSSR count). The number of sulfone groups is 1. The maximum Gasteiger partial charge on any atom is 0.225 e. The first-order chi connectivity index (χ1) is 8.46. The highest BCUT2D eigenvalue weighted by Gasteiger charge is 2.30. The van der Waals surface area contributed by atoms with Crippen molar-refractivity contribution in [3.8, 4) is 0 Å². The van der Waals surface area contributed by atoms with Crippen molar-refractivity contribution in [1.82, 2.24) is 4.90 Å². The van der Waals surface area contributed by atoms with E-state index in [2.05, 4.69) is 0 Å². The average Bonchev–Trinajstić information content (AvgIpc) is 2.80. The van der Waals surface area contributed by atoms with Gasteiger partial charge < -0.3 is 4.90 Å². The normalized spacial score (nSPS) is 23.5. The summed E-state index contributed by atoms with van der Waals surface area (Å²) in [6.07, 6.45) is 7.42. The van der Waals surface area contributed by atoms with Gasteiger partial charge in [0.2, 0.25) is 5.91 Å². The molecule has 0 bridgehead atoms. The Labute approximate surface area is 110 Å². The molecular formula is C13H23NO3S. The van der Waals surface area contributed by atoms with E-state index in [1.165, 1.54) is 19.1 Å². The number of nitrogens with zero attached hydrogens (tertiary/aromatic N) is 1. The molecule has 2 aliphatic rings. The van der Waals surface area contributed by atoms with Crippen molar-refractivity contribution in [3.63, 3.8) is 0 Å². The van der Waals surface area contributed by atoms with Crippen LogP contribution in [0.1, 0.15) is 38.5 Å². The lowest BCUT2D eigenvalue weighted by atomic mass is 9.97. The van der Waals surface area contributed by atoms with Gasteiger partial charge in [0.1, 0.15) is 9.84 Å². The minimum absolute atomic E-state index is 0.243. The molecule has 0 radical (unpaired) electrons. The van der Waals surface area contributed by atoms with Gasteiger partial charge in [-0.15, -0.1) is 0 Å². The number of piperidine rings is 1. The van der Waals surface area contributed by atoms with Crippen LogP contribution in [0.3, 0.4) is 0 Å². The first kappa shape index (κ1) is 13.8. The van der Waals surface area contributed by atoms with Gasteiger partial charge in [-0.05, 0) is 31.6 Å². The molecule has 104 valence electrons. The summed E-state index contributed by atoms with van der Waals surface area (Å²) in [5.41, 5.74) is 0. The maximum atomic E-state index is 12.2. The van der Waals surface area contributed by atoms with Crippen LogP contribution in [-0.4, -0.2) is 44.3 Å². The van der Waals surface area contributed by atoms with E-state index < -0.39 is 9.84 Å². The Morgan fingerprint density at radius 2 is 1.67 bits per heavy atom. The molecule has 1 aliphatic carbocycles. The lowest BCUT2D eigenvalue weighted by molar-refractivity contribution is -0.136. The summed E-state index contributed by atoms with van der Waals surface area (Å²) in [6, 6.07) is 0. The summed E-state index contributed by atoms with van der Waals surface area (Å²) >= 11 is 0. The zero-order chi connectivity index (χ0) is 13.2. The topological polar surface area (TPSA) is 54.5 Å². The van der Waals surface area contributed by atoms with Crippen LogP contribution in [0.2, 0.25) is 0 Å². The Kier molecular flexibility index (Phi) is 4.30. The van der Waals surface area contributed by atoms with E-state index in [0.717, 1.165) is 38.8 Å². The van der Waals surface area contributed by atoms with Gasteiger partial charge in [0.15, 0.2) is 0 Å². The van der Waals surface area contributed by atoms with Crippen molar-refractivity contribution >= 4 is 15.7 Å². The lowest BCUT2D eigenvalue weighted by Crippen LogP contribution is -2.42. The molecule has 1 saturated carbocycles. The Morgan fingerprint density at radius 1 is 1.11 bits per heavy atom. The fraction of sp³-hybridized carbons (Fsp3) is 0.923. The van der Waals surface area contributed by atoms with Crippen molar-refractivity contribution in [2.45, 2.75) is 38.5 Å². The molecule has 1 heterocycles. The van der Waals surface area contributed by atoms with E-state index in [9.17, 15) is 13.2 Å². The number of amides is 1. The number of carbonyl (C=O) groups excluding carboxylic acids is 1. The smallest absolute Gasteiger partial charge is 0.225 e. The first-order valence-corrected chi connectivity index (χ1v) is 8.98. The molecule has 0 spiro atoms. The Balaban J connectivity index is 1.81. The highest BCUT2D eigenvalue weighted by atomic mass is 32.2.